The van der Waals surface area contributed by atoms with Crippen molar-refractivity contribution in [2.24, 2.45) is 0 Å². The van der Waals surface area contributed by atoms with Crippen LogP contribution in [0.25, 0.3) is 0 Å². The topological polar surface area (TPSA) is 0 Å². The average Bonchev–Trinajstić information content (AvgIpc) is 2.46. The first-order valence-electron chi connectivity index (χ1n) is 9.96. The molecule has 22 heavy (non-hydrogen) atoms. The van der Waals surface area contributed by atoms with Gasteiger partial charge in [-0.1, -0.05) is 90.6 Å². The molecule has 0 heterocycles. The summed E-state index contributed by atoms with van der Waals surface area (Å²) in [5.74, 6) is 0. The van der Waals surface area contributed by atoms with Gasteiger partial charge in [0, 0.05) is 6.42 Å². The Kier molecular flexibility index (Phi) is 14.1. The van der Waals surface area contributed by atoms with Gasteiger partial charge in [-0.25, -0.2) is 0 Å². The summed E-state index contributed by atoms with van der Waals surface area (Å²) >= 11 is 0. The van der Waals surface area contributed by atoms with Crippen molar-refractivity contribution in [1.82, 2.24) is 0 Å². The molecule has 0 amide bonds. The van der Waals surface area contributed by atoms with E-state index >= 15 is 0 Å². The van der Waals surface area contributed by atoms with E-state index in [9.17, 15) is 0 Å². The molecule has 0 saturated carbocycles. The molecule has 1 atom stereocenters. The van der Waals surface area contributed by atoms with E-state index in [0.717, 1.165) is 4.48 Å². The molecule has 0 bridgehead atoms. The van der Waals surface area contributed by atoms with Crippen molar-refractivity contribution in [3.05, 3.63) is 12.7 Å². The van der Waals surface area contributed by atoms with E-state index in [1.807, 2.05) is 0 Å². The molecular weight excluding hydrogens is 266 g/mol. The number of rotatable bonds is 16. The Morgan fingerprint density at radius 2 is 1.05 bits per heavy atom. The van der Waals surface area contributed by atoms with Crippen LogP contribution in [0.2, 0.25) is 0 Å². The molecule has 1 heteroatoms. The van der Waals surface area contributed by atoms with E-state index < -0.39 is 0 Å². The molecule has 0 aromatic rings. The van der Waals surface area contributed by atoms with Crippen LogP contribution in [-0.4, -0.2) is 31.7 Å². The minimum absolute atomic E-state index is 0.618. The first kappa shape index (κ1) is 21.7. The SMILES string of the molecule is C=CC(CCCCCCCCCCCCCCC)[N+](C)(C)C. The fourth-order valence-corrected chi connectivity index (χ4v) is 3.19. The van der Waals surface area contributed by atoms with E-state index in [2.05, 4.69) is 40.7 Å². The molecule has 0 aromatic carbocycles. The highest BCUT2D eigenvalue weighted by Gasteiger charge is 2.18. The van der Waals surface area contributed by atoms with Crippen molar-refractivity contribution in [2.75, 3.05) is 21.1 Å². The number of hydrogen-bond donors (Lipinski definition) is 0. The Labute approximate surface area is 141 Å². The number of unbranched alkanes of at least 4 members (excludes halogenated alkanes) is 12. The second-order valence-corrected chi connectivity index (χ2v) is 7.95. The van der Waals surface area contributed by atoms with Gasteiger partial charge in [0.05, 0.1) is 21.1 Å². The van der Waals surface area contributed by atoms with E-state index in [4.69, 9.17) is 0 Å². The summed E-state index contributed by atoms with van der Waals surface area (Å²) in [7, 11) is 6.82. The molecule has 1 unspecified atom stereocenters. The van der Waals surface area contributed by atoms with Crippen LogP contribution in [0.15, 0.2) is 12.7 Å². The van der Waals surface area contributed by atoms with Crippen LogP contribution in [-0.2, 0) is 0 Å². The van der Waals surface area contributed by atoms with E-state index in [-0.39, 0.29) is 0 Å². The summed E-state index contributed by atoms with van der Waals surface area (Å²) in [5.41, 5.74) is 0. The lowest BCUT2D eigenvalue weighted by Crippen LogP contribution is -2.43. The molecule has 0 aliphatic carbocycles. The molecule has 0 fully saturated rings. The van der Waals surface area contributed by atoms with E-state index in [1.165, 1.54) is 89.9 Å². The van der Waals surface area contributed by atoms with Gasteiger partial charge in [0.25, 0.3) is 0 Å². The van der Waals surface area contributed by atoms with Crippen LogP contribution in [0.3, 0.4) is 0 Å². The highest BCUT2D eigenvalue weighted by Crippen LogP contribution is 2.16. The maximum Gasteiger partial charge on any atom is 0.107 e. The van der Waals surface area contributed by atoms with Gasteiger partial charge in [-0.3, -0.25) is 0 Å². The molecule has 132 valence electrons. The summed E-state index contributed by atoms with van der Waals surface area (Å²) < 4.78 is 1.02. The van der Waals surface area contributed by atoms with Gasteiger partial charge in [0.2, 0.25) is 0 Å². The molecule has 0 aliphatic rings. The first-order valence-corrected chi connectivity index (χ1v) is 9.96. The predicted molar refractivity (Wildman–Crippen MR) is 102 cm³/mol. The highest BCUT2D eigenvalue weighted by molar-refractivity contribution is 4.79. The average molecular weight is 311 g/mol. The lowest BCUT2D eigenvalue weighted by Gasteiger charge is -2.32. The Bertz CT molecular complexity index is 239. The third-order valence-electron chi connectivity index (χ3n) is 4.87. The molecule has 1 nitrogen and oxygen atoms in total. The van der Waals surface area contributed by atoms with Crippen molar-refractivity contribution in [3.63, 3.8) is 0 Å². The van der Waals surface area contributed by atoms with Crippen LogP contribution in [0.4, 0.5) is 0 Å². The summed E-state index contributed by atoms with van der Waals surface area (Å²) in [5, 5.41) is 0. The van der Waals surface area contributed by atoms with Crippen molar-refractivity contribution >= 4 is 0 Å². The quantitative estimate of drug-likeness (QED) is 0.168. The third kappa shape index (κ3) is 13.4. The minimum atomic E-state index is 0.618. The summed E-state index contributed by atoms with van der Waals surface area (Å²) in [6.45, 7) is 6.28. The monoisotopic (exact) mass is 310 g/mol. The lowest BCUT2D eigenvalue weighted by atomic mass is 10.0. The molecular formula is C21H44N+. The molecule has 0 aliphatic heterocycles. The van der Waals surface area contributed by atoms with Gasteiger partial charge in [0.15, 0.2) is 0 Å². The zero-order chi connectivity index (χ0) is 16.7. The van der Waals surface area contributed by atoms with Crippen molar-refractivity contribution in [2.45, 2.75) is 103 Å². The van der Waals surface area contributed by atoms with Crippen molar-refractivity contribution in [1.29, 1.82) is 0 Å². The third-order valence-corrected chi connectivity index (χ3v) is 4.87. The Hall–Kier alpha value is -0.300. The molecule has 0 aromatic heterocycles. The first-order chi connectivity index (χ1) is 10.5. The number of likely N-dealkylation sites (N-methyl/N-ethyl adjacent to an activating group) is 1. The van der Waals surface area contributed by atoms with Gasteiger partial charge in [0.1, 0.15) is 6.04 Å². The minimum Gasteiger partial charge on any atom is -0.325 e. The number of quaternary nitrogens is 1. The largest absolute Gasteiger partial charge is 0.325 e. The second-order valence-electron chi connectivity index (χ2n) is 7.95. The Morgan fingerprint density at radius 1 is 0.682 bits per heavy atom. The van der Waals surface area contributed by atoms with Gasteiger partial charge in [-0.15, -0.1) is 0 Å². The summed E-state index contributed by atoms with van der Waals surface area (Å²) in [6.07, 6.45) is 22.1. The zero-order valence-electron chi connectivity index (χ0n) is 16.2. The standard InChI is InChI=1S/C21H44N/c1-6-8-9-10-11-12-13-14-15-16-17-18-19-20-21(7-2)22(3,4)5/h7,21H,2,6,8-20H2,1,3-5H3/q+1. The maximum atomic E-state index is 3.99. The van der Waals surface area contributed by atoms with Gasteiger partial charge < -0.3 is 4.48 Å². The van der Waals surface area contributed by atoms with Gasteiger partial charge in [-0.05, 0) is 12.5 Å². The number of hydrogen-bond acceptors (Lipinski definition) is 0. The molecule has 0 N–H and O–H groups in total. The second kappa shape index (κ2) is 14.3. The molecule has 0 rings (SSSR count). The Morgan fingerprint density at radius 3 is 1.36 bits per heavy atom. The molecule has 0 radical (unpaired) electrons. The lowest BCUT2D eigenvalue weighted by molar-refractivity contribution is -0.889. The zero-order valence-corrected chi connectivity index (χ0v) is 16.2. The smallest absolute Gasteiger partial charge is 0.107 e. The number of nitrogens with zero attached hydrogens (tertiary/aromatic N) is 1. The van der Waals surface area contributed by atoms with Crippen molar-refractivity contribution < 1.29 is 4.48 Å². The van der Waals surface area contributed by atoms with Crippen LogP contribution in [0.5, 0.6) is 0 Å². The summed E-state index contributed by atoms with van der Waals surface area (Å²) in [4.78, 5) is 0. The normalized spacial score (nSPS) is 13.3. The van der Waals surface area contributed by atoms with Gasteiger partial charge in [-0.2, -0.15) is 0 Å². The van der Waals surface area contributed by atoms with Crippen LogP contribution < -0.4 is 0 Å². The summed E-state index contributed by atoms with van der Waals surface area (Å²) in [6, 6.07) is 0.618. The fraction of sp³-hybridized carbons (Fsp3) is 0.905. The van der Waals surface area contributed by atoms with Crippen LogP contribution in [0, 0.1) is 0 Å². The van der Waals surface area contributed by atoms with Gasteiger partial charge >= 0.3 is 0 Å². The van der Waals surface area contributed by atoms with Crippen molar-refractivity contribution in [3.8, 4) is 0 Å². The Balaban J connectivity index is 3.25. The molecule has 0 saturated heterocycles. The van der Waals surface area contributed by atoms with Crippen LogP contribution in [0.1, 0.15) is 96.8 Å². The highest BCUT2D eigenvalue weighted by atomic mass is 15.3. The van der Waals surface area contributed by atoms with Crippen LogP contribution >= 0.6 is 0 Å². The predicted octanol–water partition coefficient (Wildman–Crippen LogP) is 6.73. The maximum absolute atomic E-state index is 3.99. The van der Waals surface area contributed by atoms with E-state index in [1.54, 1.807) is 0 Å². The molecule has 0 spiro atoms. The van der Waals surface area contributed by atoms with E-state index in [0.29, 0.717) is 6.04 Å². The fourth-order valence-electron chi connectivity index (χ4n) is 3.19.